The fourth-order valence-corrected chi connectivity index (χ4v) is 5.15. The van der Waals surface area contributed by atoms with Gasteiger partial charge in [-0.2, -0.15) is 0 Å². The van der Waals surface area contributed by atoms with Gasteiger partial charge in [-0.25, -0.2) is 9.97 Å². The topological polar surface area (TPSA) is 46.3 Å². The molecule has 0 N–H and O–H groups in total. The largest absolute Gasteiger partial charge is 0.306 e. The SMILES string of the molecule is C#C.C=Cc1c(C=NCc2ccccc2)n(-c2cnc(N(C/C=C\C)c3ccccc3CCCC)nc2)c2ccccc12.CC. The van der Waals surface area contributed by atoms with E-state index in [2.05, 4.69) is 109 Å². The first-order chi connectivity index (χ1) is 22.2. The van der Waals surface area contributed by atoms with Crippen LogP contribution in [-0.4, -0.2) is 27.3 Å². The second-order valence-electron chi connectivity index (χ2n) is 9.96. The van der Waals surface area contributed by atoms with Gasteiger partial charge in [-0.3, -0.25) is 4.99 Å². The van der Waals surface area contributed by atoms with E-state index in [4.69, 9.17) is 15.0 Å². The highest BCUT2D eigenvalue weighted by Crippen LogP contribution is 2.31. The summed E-state index contributed by atoms with van der Waals surface area (Å²) in [5, 5.41) is 1.12. The molecule has 0 radical (unpaired) electrons. The van der Waals surface area contributed by atoms with E-state index in [0.29, 0.717) is 19.0 Å². The first-order valence-corrected chi connectivity index (χ1v) is 15.7. The van der Waals surface area contributed by atoms with Crippen molar-refractivity contribution in [1.29, 1.82) is 0 Å². The Morgan fingerprint density at radius 2 is 1.58 bits per heavy atom. The molecule has 0 aliphatic heterocycles. The summed E-state index contributed by atoms with van der Waals surface area (Å²) >= 11 is 0. The van der Waals surface area contributed by atoms with Gasteiger partial charge in [0.25, 0.3) is 0 Å². The molecule has 0 saturated carbocycles. The molecule has 230 valence electrons. The lowest BCUT2D eigenvalue weighted by atomic mass is 10.1. The van der Waals surface area contributed by atoms with E-state index < -0.39 is 0 Å². The summed E-state index contributed by atoms with van der Waals surface area (Å²) in [7, 11) is 0. The number of hydrogen-bond acceptors (Lipinski definition) is 4. The lowest BCUT2D eigenvalue weighted by Crippen LogP contribution is -2.21. The molecule has 0 spiro atoms. The van der Waals surface area contributed by atoms with Gasteiger partial charge in [-0.05, 0) is 43.0 Å². The first-order valence-electron chi connectivity index (χ1n) is 15.7. The van der Waals surface area contributed by atoms with E-state index in [0.717, 1.165) is 52.8 Å². The predicted molar refractivity (Wildman–Crippen MR) is 195 cm³/mol. The van der Waals surface area contributed by atoms with Gasteiger partial charge in [0.2, 0.25) is 5.95 Å². The zero-order valence-corrected chi connectivity index (χ0v) is 27.1. The Kier molecular flexibility index (Phi) is 14.1. The van der Waals surface area contributed by atoms with Crippen LogP contribution in [0, 0.1) is 12.8 Å². The highest BCUT2D eigenvalue weighted by Gasteiger charge is 2.18. The van der Waals surface area contributed by atoms with Gasteiger partial charge in [0.15, 0.2) is 0 Å². The summed E-state index contributed by atoms with van der Waals surface area (Å²) in [5.74, 6) is 0.676. The van der Waals surface area contributed by atoms with Crippen molar-refractivity contribution in [3.8, 4) is 18.5 Å². The lowest BCUT2D eigenvalue weighted by Gasteiger charge is -2.24. The highest BCUT2D eigenvalue weighted by atomic mass is 15.3. The molecule has 0 unspecified atom stereocenters. The van der Waals surface area contributed by atoms with Crippen molar-refractivity contribution < 1.29 is 0 Å². The summed E-state index contributed by atoms with van der Waals surface area (Å²) < 4.78 is 2.18. The normalized spacial score (nSPS) is 10.7. The number of unbranched alkanes of at least 4 members (excludes halogenated alkanes) is 1. The Bertz CT molecular complexity index is 1690. The van der Waals surface area contributed by atoms with E-state index in [9.17, 15) is 0 Å². The minimum Gasteiger partial charge on any atom is -0.306 e. The molecule has 3 aromatic carbocycles. The molecule has 0 bridgehead atoms. The molecule has 0 atom stereocenters. The quantitative estimate of drug-likeness (QED) is 0.0819. The molecule has 2 heterocycles. The van der Waals surface area contributed by atoms with Crippen LogP contribution in [0.15, 0.2) is 115 Å². The third-order valence-corrected chi connectivity index (χ3v) is 7.22. The number of allylic oxidation sites excluding steroid dienone is 1. The van der Waals surface area contributed by atoms with Gasteiger partial charge in [-0.1, -0.05) is 119 Å². The summed E-state index contributed by atoms with van der Waals surface area (Å²) in [6, 6.07) is 27.2. The van der Waals surface area contributed by atoms with E-state index in [1.807, 2.05) is 63.7 Å². The zero-order valence-electron chi connectivity index (χ0n) is 27.1. The van der Waals surface area contributed by atoms with Gasteiger partial charge < -0.3 is 9.47 Å². The fraction of sp³-hybridized carbons (Fsp3) is 0.225. The van der Waals surface area contributed by atoms with Gasteiger partial charge >= 0.3 is 0 Å². The molecule has 5 nitrogen and oxygen atoms in total. The Balaban J connectivity index is 0.00000133. The fourth-order valence-electron chi connectivity index (χ4n) is 5.15. The van der Waals surface area contributed by atoms with E-state index in [-0.39, 0.29) is 0 Å². The molecule has 5 heteroatoms. The van der Waals surface area contributed by atoms with Crippen LogP contribution < -0.4 is 4.90 Å². The van der Waals surface area contributed by atoms with Crippen LogP contribution in [-0.2, 0) is 13.0 Å². The van der Waals surface area contributed by atoms with Crippen molar-refractivity contribution in [2.75, 3.05) is 11.4 Å². The van der Waals surface area contributed by atoms with E-state index in [1.165, 1.54) is 11.1 Å². The summed E-state index contributed by atoms with van der Waals surface area (Å²) in [6.45, 7) is 13.7. The number of terminal acetylenes is 1. The zero-order chi connectivity index (χ0) is 32.4. The average Bonchev–Trinajstić information content (AvgIpc) is 3.43. The minimum atomic E-state index is 0.603. The van der Waals surface area contributed by atoms with Crippen LogP contribution in [0.5, 0.6) is 0 Å². The number of benzene rings is 3. The van der Waals surface area contributed by atoms with Crippen LogP contribution in [0.1, 0.15) is 62.9 Å². The number of rotatable bonds is 12. The Hall–Kier alpha value is -5.21. The number of para-hydroxylation sites is 2. The van der Waals surface area contributed by atoms with Crippen LogP contribution in [0.4, 0.5) is 11.6 Å². The maximum atomic E-state index is 4.91. The van der Waals surface area contributed by atoms with Crippen LogP contribution in [0.25, 0.3) is 22.7 Å². The monoisotopic (exact) mass is 595 g/mol. The van der Waals surface area contributed by atoms with Gasteiger partial charge in [0.05, 0.1) is 35.8 Å². The van der Waals surface area contributed by atoms with Crippen LogP contribution in [0.3, 0.4) is 0 Å². The average molecular weight is 596 g/mol. The number of fused-ring (bicyclic) bond motifs is 1. The van der Waals surface area contributed by atoms with E-state index in [1.54, 1.807) is 0 Å². The molecular weight excluding hydrogens is 550 g/mol. The summed E-state index contributed by atoms with van der Waals surface area (Å²) in [4.78, 5) is 16.8. The smallest absolute Gasteiger partial charge is 0.230 e. The first kappa shape index (κ1) is 34.3. The second-order valence-corrected chi connectivity index (χ2v) is 9.96. The van der Waals surface area contributed by atoms with Crippen molar-refractivity contribution in [3.63, 3.8) is 0 Å². The van der Waals surface area contributed by atoms with Crippen molar-refractivity contribution in [3.05, 3.63) is 132 Å². The van der Waals surface area contributed by atoms with Crippen molar-refractivity contribution in [1.82, 2.24) is 14.5 Å². The molecule has 0 aliphatic carbocycles. The van der Waals surface area contributed by atoms with Gasteiger partial charge in [-0.15, -0.1) is 12.8 Å². The number of nitrogens with zero attached hydrogens (tertiary/aromatic N) is 5. The molecule has 0 aliphatic rings. The standard InChI is InChI=1S/C36H37N5.C2H6.C2H2/c1-4-7-18-29-19-12-14-21-33(29)40(23-8-5-2)36-38-25-30(26-39-36)41-34-22-15-13-20-32(34)31(6-3)35(41)27-37-24-28-16-10-9-11-17-28;2*1-2/h5-6,8-17,19-22,25-27H,3-4,7,18,23-24H2,1-2H3;1-2H3;1-2H/b8-5-,37-27?;;. The molecule has 0 fully saturated rings. The maximum absolute atomic E-state index is 4.91. The second kappa shape index (κ2) is 18.5. The van der Waals surface area contributed by atoms with Crippen molar-refractivity contribution in [2.45, 2.75) is 53.5 Å². The minimum absolute atomic E-state index is 0.603. The Morgan fingerprint density at radius 3 is 2.27 bits per heavy atom. The molecule has 0 amide bonds. The van der Waals surface area contributed by atoms with E-state index >= 15 is 0 Å². The van der Waals surface area contributed by atoms with Crippen LogP contribution >= 0.6 is 0 Å². The predicted octanol–water partition coefficient (Wildman–Crippen LogP) is 10.0. The Labute approximate surface area is 269 Å². The molecule has 45 heavy (non-hydrogen) atoms. The molecule has 2 aromatic heterocycles. The molecule has 0 saturated heterocycles. The lowest BCUT2D eigenvalue weighted by molar-refractivity contribution is 0.792. The summed E-state index contributed by atoms with van der Waals surface area (Å²) in [6.07, 6.45) is 23.2. The van der Waals surface area contributed by atoms with Crippen molar-refractivity contribution in [2.24, 2.45) is 4.99 Å². The van der Waals surface area contributed by atoms with Gasteiger partial charge in [0, 0.05) is 29.4 Å². The van der Waals surface area contributed by atoms with Crippen LogP contribution in [0.2, 0.25) is 0 Å². The highest BCUT2D eigenvalue weighted by molar-refractivity contribution is 6.00. The number of anilines is 2. The third kappa shape index (κ3) is 8.46. The van der Waals surface area contributed by atoms with Crippen molar-refractivity contribution >= 4 is 34.8 Å². The third-order valence-electron chi connectivity index (χ3n) is 7.22. The van der Waals surface area contributed by atoms with Gasteiger partial charge in [0.1, 0.15) is 0 Å². The molecule has 5 aromatic rings. The number of hydrogen-bond donors (Lipinski definition) is 0. The number of aryl methyl sites for hydroxylation is 1. The Morgan fingerprint density at radius 1 is 0.911 bits per heavy atom. The molecular formula is C40H45N5. The number of aliphatic imine (C=N–C) groups is 1. The maximum Gasteiger partial charge on any atom is 0.230 e. The molecule has 5 rings (SSSR count). The number of aromatic nitrogens is 3. The summed E-state index contributed by atoms with van der Waals surface area (Å²) in [5.41, 5.74) is 7.58.